The van der Waals surface area contributed by atoms with Crippen LogP contribution in [-0.4, -0.2) is 96.7 Å². The fourth-order valence-corrected chi connectivity index (χ4v) is 11.0. The zero-order valence-corrected chi connectivity index (χ0v) is 60.7. The third-order valence-electron chi connectivity index (χ3n) is 15.0. The van der Waals surface area contributed by atoms with E-state index in [1.54, 1.807) is 0 Å². The van der Waals surface area contributed by atoms with Gasteiger partial charge in [-0.15, -0.1) is 0 Å². The van der Waals surface area contributed by atoms with Crippen molar-refractivity contribution in [3.8, 4) is 0 Å². The van der Waals surface area contributed by atoms with E-state index in [0.29, 0.717) is 25.7 Å². The Morgan fingerprint density at radius 1 is 0.309 bits per heavy atom. The van der Waals surface area contributed by atoms with E-state index in [1.165, 1.54) is 38.5 Å². The maximum absolute atomic E-state index is 13.0. The van der Waals surface area contributed by atoms with Crippen LogP contribution >= 0.6 is 15.6 Å². The highest BCUT2D eigenvalue weighted by atomic mass is 31.2. The Labute approximate surface area is 569 Å². The second kappa shape index (κ2) is 67.5. The zero-order chi connectivity index (χ0) is 69.0. The minimum absolute atomic E-state index is 0.0756. The molecule has 0 heterocycles. The van der Waals surface area contributed by atoms with Crippen LogP contribution in [0.15, 0.2) is 97.2 Å². The number of carbonyl (C=O) groups excluding carboxylic acids is 4. The van der Waals surface area contributed by atoms with Crippen molar-refractivity contribution in [3.05, 3.63) is 97.2 Å². The number of unbranched alkanes of at least 4 members (excludes halogenated alkanes) is 26. The molecule has 0 spiro atoms. The summed E-state index contributed by atoms with van der Waals surface area (Å²) in [6.45, 7) is 4.56. The highest BCUT2D eigenvalue weighted by Crippen LogP contribution is 2.45. The molecule has 0 amide bonds. The van der Waals surface area contributed by atoms with Crippen LogP contribution in [-0.2, 0) is 65.4 Å². The van der Waals surface area contributed by atoms with E-state index in [9.17, 15) is 43.2 Å². The van der Waals surface area contributed by atoms with Gasteiger partial charge in [0.05, 0.1) is 26.4 Å². The van der Waals surface area contributed by atoms with Crippen LogP contribution in [0.25, 0.3) is 0 Å². The quantitative estimate of drug-likeness (QED) is 0.0169. The molecule has 19 heteroatoms. The Bertz CT molecular complexity index is 2170. The molecule has 542 valence electrons. The smallest absolute Gasteiger partial charge is 0.462 e. The van der Waals surface area contributed by atoms with Crippen molar-refractivity contribution < 1.29 is 80.2 Å². The maximum Gasteiger partial charge on any atom is 0.472 e. The van der Waals surface area contributed by atoms with Gasteiger partial charge in [-0.3, -0.25) is 37.3 Å². The van der Waals surface area contributed by atoms with E-state index < -0.39 is 97.5 Å². The number of aliphatic hydroxyl groups is 1. The summed E-state index contributed by atoms with van der Waals surface area (Å²) in [6.07, 6.45) is 68.4. The van der Waals surface area contributed by atoms with E-state index in [2.05, 4.69) is 125 Å². The lowest BCUT2D eigenvalue weighted by Gasteiger charge is -2.21. The molecule has 0 aliphatic carbocycles. The zero-order valence-electron chi connectivity index (χ0n) is 58.9. The van der Waals surface area contributed by atoms with Gasteiger partial charge in [0.15, 0.2) is 12.2 Å². The molecule has 0 saturated carbocycles. The van der Waals surface area contributed by atoms with E-state index in [0.717, 1.165) is 180 Å². The molecule has 0 bridgehead atoms. The van der Waals surface area contributed by atoms with Crippen LogP contribution in [0.5, 0.6) is 0 Å². The Morgan fingerprint density at radius 3 is 0.894 bits per heavy atom. The van der Waals surface area contributed by atoms with Crippen molar-refractivity contribution in [1.82, 2.24) is 0 Å². The first-order chi connectivity index (χ1) is 45.7. The second-order valence-electron chi connectivity index (χ2n) is 24.2. The van der Waals surface area contributed by atoms with Gasteiger partial charge < -0.3 is 33.8 Å². The summed E-state index contributed by atoms with van der Waals surface area (Å²) in [7, 11) is -9.95. The van der Waals surface area contributed by atoms with Crippen molar-refractivity contribution in [2.45, 2.75) is 316 Å². The van der Waals surface area contributed by atoms with E-state index in [4.69, 9.17) is 37.0 Å². The van der Waals surface area contributed by atoms with Crippen molar-refractivity contribution in [2.75, 3.05) is 39.6 Å². The van der Waals surface area contributed by atoms with Crippen molar-refractivity contribution in [2.24, 2.45) is 0 Å². The van der Waals surface area contributed by atoms with Gasteiger partial charge in [0, 0.05) is 25.7 Å². The van der Waals surface area contributed by atoms with Crippen LogP contribution in [0.2, 0.25) is 0 Å². The first kappa shape index (κ1) is 90.0. The summed E-state index contributed by atoms with van der Waals surface area (Å²) < 4.78 is 68.3. The molecule has 0 fully saturated rings. The largest absolute Gasteiger partial charge is 0.472 e. The van der Waals surface area contributed by atoms with Crippen LogP contribution in [0.4, 0.5) is 0 Å². The molecule has 3 N–H and O–H groups in total. The third kappa shape index (κ3) is 66.6. The van der Waals surface area contributed by atoms with Crippen LogP contribution in [0.3, 0.4) is 0 Å². The molecular weight excluding hydrogens is 1230 g/mol. The highest BCUT2D eigenvalue weighted by Gasteiger charge is 2.30. The molecule has 5 atom stereocenters. The minimum atomic E-state index is -4.97. The Hall–Kier alpha value is -4.02. The number of esters is 4. The number of hydrogen-bond acceptors (Lipinski definition) is 15. The molecule has 0 aliphatic rings. The van der Waals surface area contributed by atoms with Gasteiger partial charge in [0.1, 0.15) is 19.3 Å². The summed E-state index contributed by atoms with van der Waals surface area (Å²) >= 11 is 0. The predicted octanol–water partition coefficient (Wildman–Crippen LogP) is 20.4. The van der Waals surface area contributed by atoms with Gasteiger partial charge in [0.25, 0.3) is 0 Å². The summed E-state index contributed by atoms with van der Waals surface area (Å²) in [5, 5.41) is 10.6. The van der Waals surface area contributed by atoms with Gasteiger partial charge in [-0.25, -0.2) is 9.13 Å². The molecule has 0 aromatic heterocycles. The molecule has 0 radical (unpaired) electrons. The van der Waals surface area contributed by atoms with Gasteiger partial charge in [-0.1, -0.05) is 253 Å². The lowest BCUT2D eigenvalue weighted by molar-refractivity contribution is -0.161. The molecule has 94 heavy (non-hydrogen) atoms. The summed E-state index contributed by atoms with van der Waals surface area (Å²) in [6, 6.07) is 0. The monoisotopic (exact) mass is 1360 g/mol. The van der Waals surface area contributed by atoms with E-state index in [1.807, 2.05) is 0 Å². The molecule has 0 aromatic carbocycles. The SMILES string of the molecule is CC/C=C\C/C=C\C/C=C\C/C=C\CCCCCCC(=O)OCC(COP(=O)(O)OCC(O)COP(=O)(O)OCC(COC(=O)CCCCCCC/C=C\C/C=C\CCC)OC(=O)CCCCCCC/C=C\C/C=C\CCC)OC(=O)CCCCCCCCCCCCC. The number of allylic oxidation sites excluding steroid dienone is 16. The third-order valence-corrected chi connectivity index (χ3v) is 16.9. The molecule has 0 aliphatic heterocycles. The van der Waals surface area contributed by atoms with E-state index in [-0.39, 0.29) is 25.7 Å². The molecule has 0 saturated heterocycles. The Kier molecular flexibility index (Phi) is 64.7. The fraction of sp³-hybridized carbons (Fsp3) is 0.733. The number of ether oxygens (including phenoxy) is 4. The molecule has 0 aromatic rings. The lowest BCUT2D eigenvalue weighted by atomic mass is 10.1. The summed E-state index contributed by atoms with van der Waals surface area (Å²) in [5.41, 5.74) is 0. The number of phosphoric ester groups is 2. The Morgan fingerprint density at radius 2 is 0.574 bits per heavy atom. The topological polar surface area (TPSA) is 237 Å². The number of aliphatic hydroxyl groups excluding tert-OH is 1. The summed E-state index contributed by atoms with van der Waals surface area (Å²) in [5.74, 6) is -2.22. The van der Waals surface area contributed by atoms with E-state index >= 15 is 0 Å². The standard InChI is InChI=1S/C75H130O17P2/c1-5-9-13-17-21-25-29-32-33-34-35-38-41-44-48-52-56-60-73(78)86-65-70(91-74(79)61-57-53-49-45-39-28-24-20-16-12-8-4)67-89-93(81,82)87-63-69(76)64-88-94(83,84)90-68-71(92-75(80)62-58-54-50-46-42-37-31-27-23-19-15-11-7-3)66-85-72(77)59-55-51-47-43-40-36-30-26-22-18-14-10-6-2/h9,13-15,18-19,21,25-27,30-33,35,38,69-71,76H,5-8,10-12,16-17,20,22-24,28-29,34,36-37,39-68H2,1-4H3,(H,81,82)(H,83,84)/b13-9-,18-14-,19-15-,25-21-,30-26-,31-27-,33-32-,38-35-. The minimum Gasteiger partial charge on any atom is -0.462 e. The van der Waals surface area contributed by atoms with Crippen molar-refractivity contribution in [3.63, 3.8) is 0 Å². The maximum atomic E-state index is 13.0. The van der Waals surface area contributed by atoms with Gasteiger partial charge in [-0.2, -0.15) is 0 Å². The number of phosphoric acid groups is 2. The van der Waals surface area contributed by atoms with Crippen LogP contribution in [0, 0.1) is 0 Å². The average Bonchev–Trinajstić information content (AvgIpc) is 1.32. The van der Waals surface area contributed by atoms with Crippen molar-refractivity contribution >= 4 is 39.5 Å². The number of hydrogen-bond donors (Lipinski definition) is 3. The summed E-state index contributed by atoms with van der Waals surface area (Å²) in [4.78, 5) is 72.6. The molecule has 5 unspecified atom stereocenters. The fourth-order valence-electron chi connectivity index (χ4n) is 9.46. The first-order valence-corrected chi connectivity index (χ1v) is 39.5. The number of carbonyl (C=O) groups is 4. The first-order valence-electron chi connectivity index (χ1n) is 36.5. The Balaban J connectivity index is 5.34. The van der Waals surface area contributed by atoms with Crippen LogP contribution < -0.4 is 0 Å². The lowest BCUT2D eigenvalue weighted by Crippen LogP contribution is -2.30. The normalized spacial score (nSPS) is 14.6. The second-order valence-corrected chi connectivity index (χ2v) is 27.1. The predicted molar refractivity (Wildman–Crippen MR) is 381 cm³/mol. The van der Waals surface area contributed by atoms with Gasteiger partial charge >= 0.3 is 39.5 Å². The number of rotatable bonds is 68. The van der Waals surface area contributed by atoms with Gasteiger partial charge in [-0.05, 0) is 116 Å². The molecular formula is C75H130O17P2. The van der Waals surface area contributed by atoms with Crippen LogP contribution in [0.1, 0.15) is 297 Å². The average molecular weight is 1370 g/mol. The molecule has 17 nitrogen and oxygen atoms in total. The van der Waals surface area contributed by atoms with Gasteiger partial charge in [0.2, 0.25) is 0 Å². The van der Waals surface area contributed by atoms with Crippen molar-refractivity contribution in [1.29, 1.82) is 0 Å². The molecule has 0 rings (SSSR count). The highest BCUT2D eigenvalue weighted by molar-refractivity contribution is 7.47.